The van der Waals surface area contributed by atoms with Crippen molar-refractivity contribution in [2.75, 3.05) is 6.54 Å². The van der Waals surface area contributed by atoms with Gasteiger partial charge >= 0.3 is 6.03 Å². The third-order valence-corrected chi connectivity index (χ3v) is 5.53. The Hall–Kier alpha value is -3.12. The van der Waals surface area contributed by atoms with Crippen LogP contribution in [-0.2, 0) is 0 Å². The van der Waals surface area contributed by atoms with Gasteiger partial charge in [-0.15, -0.1) is 0 Å². The predicted molar refractivity (Wildman–Crippen MR) is 121 cm³/mol. The molecule has 1 aliphatic heterocycles. The van der Waals surface area contributed by atoms with Crippen LogP contribution in [0.15, 0.2) is 58.8 Å². The second kappa shape index (κ2) is 8.55. The Labute approximate surface area is 186 Å². The monoisotopic (exact) mass is 436 g/mol. The average molecular weight is 437 g/mol. The first kappa shape index (κ1) is 21.1. The number of aromatic nitrogens is 2. The summed E-state index contributed by atoms with van der Waals surface area (Å²) in [6.45, 7) is 8.72. The lowest BCUT2D eigenvalue weighted by atomic mass is 9.94. The van der Waals surface area contributed by atoms with Crippen LogP contribution in [0.4, 0.5) is 4.79 Å². The molecule has 2 aromatic carbocycles. The smallest absolute Gasteiger partial charge is 0.322 e. The molecule has 7 heteroatoms. The van der Waals surface area contributed by atoms with Crippen molar-refractivity contribution >= 4 is 23.2 Å². The molecule has 4 rings (SSSR count). The molecule has 1 aliphatic rings. The van der Waals surface area contributed by atoms with Gasteiger partial charge in [-0.25, -0.2) is 4.79 Å². The number of nitrogens with one attached hydrogen (secondary N) is 1. The molecule has 0 spiro atoms. The van der Waals surface area contributed by atoms with Crippen molar-refractivity contribution in [3.05, 3.63) is 76.3 Å². The maximum atomic E-state index is 12.9. The quantitative estimate of drug-likeness (QED) is 0.544. The minimum atomic E-state index is -0.385. The van der Waals surface area contributed by atoms with Crippen LogP contribution in [-0.4, -0.2) is 27.6 Å². The molecule has 0 aliphatic carbocycles. The van der Waals surface area contributed by atoms with Crippen LogP contribution in [0.3, 0.4) is 0 Å². The number of nitrogens with zero attached hydrogens (tertiary/aromatic N) is 3. The fraction of sp³-hybridized carbons (Fsp3) is 0.292. The third-order valence-electron chi connectivity index (χ3n) is 5.29. The number of carbonyl (C=O) groups is 1. The molecule has 31 heavy (non-hydrogen) atoms. The Morgan fingerprint density at radius 2 is 1.90 bits per heavy atom. The summed E-state index contributed by atoms with van der Waals surface area (Å²) >= 11 is 6.12. The van der Waals surface area contributed by atoms with Crippen molar-refractivity contribution in [2.45, 2.75) is 33.7 Å². The largest absolute Gasteiger partial charge is 0.334 e. The van der Waals surface area contributed by atoms with Gasteiger partial charge in [-0.2, -0.15) is 4.98 Å². The number of aryl methyl sites for hydroxylation is 1. The van der Waals surface area contributed by atoms with E-state index in [-0.39, 0.29) is 12.1 Å². The van der Waals surface area contributed by atoms with Crippen molar-refractivity contribution in [3.63, 3.8) is 0 Å². The van der Waals surface area contributed by atoms with Crippen LogP contribution >= 0.6 is 11.6 Å². The predicted octanol–water partition coefficient (Wildman–Crippen LogP) is 5.85. The molecule has 1 unspecified atom stereocenters. The van der Waals surface area contributed by atoms with Crippen LogP contribution in [0, 0.1) is 12.8 Å². The molecule has 1 N–H and O–H groups in total. The van der Waals surface area contributed by atoms with E-state index in [9.17, 15) is 4.79 Å². The van der Waals surface area contributed by atoms with Gasteiger partial charge < -0.3 is 9.84 Å². The number of halogens is 1. The molecule has 0 fully saturated rings. The summed E-state index contributed by atoms with van der Waals surface area (Å²) in [7, 11) is 0. The van der Waals surface area contributed by atoms with Crippen molar-refractivity contribution in [1.29, 1.82) is 0 Å². The number of allylic oxidation sites excluding steroid dienone is 1. The summed E-state index contributed by atoms with van der Waals surface area (Å²) in [5.74, 6) is 1.14. The third kappa shape index (κ3) is 4.35. The molecule has 0 saturated heterocycles. The molecular formula is C24H25ClN4O2. The van der Waals surface area contributed by atoms with Crippen LogP contribution in [0.2, 0.25) is 5.02 Å². The van der Waals surface area contributed by atoms with Gasteiger partial charge in [0.15, 0.2) is 0 Å². The first-order valence-electron chi connectivity index (χ1n) is 10.3. The number of amides is 2. The molecule has 0 radical (unpaired) electrons. The fourth-order valence-electron chi connectivity index (χ4n) is 3.73. The molecule has 1 atom stereocenters. The van der Waals surface area contributed by atoms with Crippen molar-refractivity contribution < 1.29 is 9.32 Å². The standard InChI is InChI=1S/C24H25ClN4O2/c1-14(2)13-29-16(4)20(21(26-24(29)30)17-10-8-15(3)9-11-17)23-27-22(28-31-23)18-6-5-7-19(25)12-18/h5-12,14,21H,13H2,1-4H3,(H,26,30). The Morgan fingerprint density at radius 1 is 1.16 bits per heavy atom. The summed E-state index contributed by atoms with van der Waals surface area (Å²) in [5, 5.41) is 7.90. The summed E-state index contributed by atoms with van der Waals surface area (Å²) in [5.41, 5.74) is 4.48. The minimum Gasteiger partial charge on any atom is -0.334 e. The number of carbonyl (C=O) groups excluding carboxylic acids is 1. The van der Waals surface area contributed by atoms with Crippen molar-refractivity contribution in [1.82, 2.24) is 20.4 Å². The van der Waals surface area contributed by atoms with Crippen LogP contribution < -0.4 is 5.32 Å². The topological polar surface area (TPSA) is 71.3 Å². The first-order valence-corrected chi connectivity index (χ1v) is 10.7. The number of benzene rings is 2. The van der Waals surface area contributed by atoms with E-state index in [1.807, 2.05) is 50.2 Å². The highest BCUT2D eigenvalue weighted by Crippen LogP contribution is 2.37. The van der Waals surface area contributed by atoms with Gasteiger partial charge in [0.05, 0.1) is 11.6 Å². The molecule has 2 heterocycles. The average Bonchev–Trinajstić information content (AvgIpc) is 3.21. The Kier molecular flexibility index (Phi) is 5.83. The number of hydrogen-bond donors (Lipinski definition) is 1. The molecule has 3 aromatic rings. The van der Waals surface area contributed by atoms with Gasteiger partial charge in [-0.05, 0) is 37.5 Å². The van der Waals surface area contributed by atoms with Crippen molar-refractivity contribution in [2.24, 2.45) is 5.92 Å². The molecule has 160 valence electrons. The zero-order chi connectivity index (χ0) is 22.1. The first-order chi connectivity index (χ1) is 14.8. The van der Waals surface area contributed by atoms with E-state index in [0.717, 1.165) is 28.0 Å². The lowest BCUT2D eigenvalue weighted by Crippen LogP contribution is -2.47. The van der Waals surface area contributed by atoms with Gasteiger partial charge in [-0.3, -0.25) is 4.90 Å². The highest BCUT2D eigenvalue weighted by molar-refractivity contribution is 6.30. The Morgan fingerprint density at radius 3 is 2.58 bits per heavy atom. The van der Waals surface area contributed by atoms with Gasteiger partial charge in [0.2, 0.25) is 5.82 Å². The minimum absolute atomic E-state index is 0.130. The van der Waals surface area contributed by atoms with Crippen LogP contribution in [0.1, 0.15) is 43.8 Å². The number of hydrogen-bond acceptors (Lipinski definition) is 4. The highest BCUT2D eigenvalue weighted by Gasteiger charge is 2.35. The summed E-state index contributed by atoms with van der Waals surface area (Å²) < 4.78 is 5.69. The molecule has 2 amide bonds. The van der Waals surface area contributed by atoms with Gasteiger partial charge in [-0.1, -0.05) is 72.6 Å². The normalized spacial score (nSPS) is 16.8. The van der Waals surface area contributed by atoms with E-state index in [1.54, 1.807) is 17.0 Å². The van der Waals surface area contributed by atoms with Gasteiger partial charge in [0.25, 0.3) is 5.89 Å². The molecule has 0 saturated carbocycles. The number of rotatable bonds is 5. The maximum Gasteiger partial charge on any atom is 0.322 e. The molecule has 0 bridgehead atoms. The van der Waals surface area contributed by atoms with E-state index in [4.69, 9.17) is 16.1 Å². The SMILES string of the molecule is CC1=C(c2nc(-c3cccc(Cl)c3)no2)C(c2ccc(C)cc2)NC(=O)N1CC(C)C. The number of urea groups is 1. The zero-order valence-electron chi connectivity index (χ0n) is 18.0. The highest BCUT2D eigenvalue weighted by atomic mass is 35.5. The summed E-state index contributed by atoms with van der Waals surface area (Å²) in [4.78, 5) is 19.3. The fourth-order valence-corrected chi connectivity index (χ4v) is 3.92. The summed E-state index contributed by atoms with van der Waals surface area (Å²) in [6.07, 6.45) is 0. The Bertz CT molecular complexity index is 1130. The van der Waals surface area contributed by atoms with Crippen LogP contribution in [0.5, 0.6) is 0 Å². The van der Waals surface area contributed by atoms with E-state index in [1.165, 1.54) is 0 Å². The second-order valence-corrected chi connectivity index (χ2v) is 8.67. The van der Waals surface area contributed by atoms with Crippen LogP contribution in [0.25, 0.3) is 17.0 Å². The van der Waals surface area contributed by atoms with E-state index >= 15 is 0 Å². The van der Waals surface area contributed by atoms with Gasteiger partial charge in [0.1, 0.15) is 0 Å². The van der Waals surface area contributed by atoms with Crippen molar-refractivity contribution in [3.8, 4) is 11.4 Å². The second-order valence-electron chi connectivity index (χ2n) is 8.23. The van der Waals surface area contributed by atoms with Gasteiger partial charge in [0, 0.05) is 22.8 Å². The molecular weight excluding hydrogens is 412 g/mol. The van der Waals surface area contributed by atoms with E-state index < -0.39 is 0 Å². The zero-order valence-corrected chi connectivity index (χ0v) is 18.8. The van der Waals surface area contributed by atoms with E-state index in [0.29, 0.717) is 29.2 Å². The van der Waals surface area contributed by atoms with E-state index in [2.05, 4.69) is 29.3 Å². The molecule has 6 nitrogen and oxygen atoms in total. The lowest BCUT2D eigenvalue weighted by molar-refractivity contribution is 0.199. The maximum absolute atomic E-state index is 12.9. The summed E-state index contributed by atoms with van der Waals surface area (Å²) in [6, 6.07) is 14.9. The lowest BCUT2D eigenvalue weighted by Gasteiger charge is -2.36. The Balaban J connectivity index is 1.82. The molecule has 1 aromatic heterocycles.